The Morgan fingerprint density at radius 3 is 2.85 bits per heavy atom. The lowest BCUT2D eigenvalue weighted by Crippen LogP contribution is -2.23. The van der Waals surface area contributed by atoms with Gasteiger partial charge in [0.1, 0.15) is 11.6 Å². The Kier molecular flexibility index (Phi) is 4.49. The Balaban J connectivity index is 2.02. The minimum atomic E-state index is -0.491. The molecule has 0 saturated carbocycles. The van der Waals surface area contributed by atoms with Gasteiger partial charge in [-0.1, -0.05) is 17.7 Å². The molecule has 1 aromatic carbocycles. The molecule has 2 aromatic rings. The van der Waals surface area contributed by atoms with Crippen LogP contribution in [-0.4, -0.2) is 10.9 Å². The minimum absolute atomic E-state index is 0.0234. The van der Waals surface area contributed by atoms with E-state index in [4.69, 9.17) is 17.4 Å². The maximum absolute atomic E-state index is 13.0. The molecule has 0 radical (unpaired) electrons. The molecule has 0 bridgehead atoms. The number of nitrogens with one attached hydrogen (secondary N) is 2. The molecular formula is C13H12ClFN4O. The number of hydrogen-bond acceptors (Lipinski definition) is 4. The highest BCUT2D eigenvalue weighted by Gasteiger charge is 2.07. The van der Waals surface area contributed by atoms with Gasteiger partial charge in [-0.3, -0.25) is 4.79 Å². The van der Waals surface area contributed by atoms with Crippen molar-refractivity contribution in [3.05, 3.63) is 58.5 Å². The fourth-order valence-corrected chi connectivity index (χ4v) is 1.79. The zero-order valence-corrected chi connectivity index (χ0v) is 11.1. The second-order valence-corrected chi connectivity index (χ2v) is 4.41. The predicted molar refractivity (Wildman–Crippen MR) is 74.6 cm³/mol. The van der Waals surface area contributed by atoms with Crippen LogP contribution < -0.4 is 16.6 Å². The third kappa shape index (κ3) is 3.43. The summed E-state index contributed by atoms with van der Waals surface area (Å²) in [5.41, 5.74) is 3.48. The molecule has 0 atom stereocenters. The number of carbonyl (C=O) groups is 1. The van der Waals surface area contributed by atoms with Crippen LogP contribution in [0.4, 0.5) is 10.2 Å². The molecule has 0 unspecified atom stereocenters. The zero-order valence-electron chi connectivity index (χ0n) is 10.4. The summed E-state index contributed by atoms with van der Waals surface area (Å²) in [4.78, 5) is 15.8. The smallest absolute Gasteiger partial charge is 0.251 e. The molecule has 1 aromatic heterocycles. The van der Waals surface area contributed by atoms with Gasteiger partial charge in [-0.25, -0.2) is 15.2 Å². The van der Waals surface area contributed by atoms with Crippen LogP contribution in [0.15, 0.2) is 36.5 Å². The molecule has 0 aliphatic carbocycles. The van der Waals surface area contributed by atoms with Crippen LogP contribution in [-0.2, 0) is 6.54 Å². The van der Waals surface area contributed by atoms with E-state index in [-0.39, 0.29) is 17.5 Å². The standard InChI is InChI=1S/C13H12ClFN4O/c14-10-5-8(1-2-11(10)15)7-18-13(20)9-3-4-17-12(6-9)19-16/h1-6H,7,16H2,(H,17,19)(H,18,20). The number of nitrogen functional groups attached to an aromatic ring is 1. The molecule has 2 rings (SSSR count). The van der Waals surface area contributed by atoms with E-state index in [1.54, 1.807) is 12.1 Å². The molecule has 0 fully saturated rings. The van der Waals surface area contributed by atoms with Gasteiger partial charge in [0, 0.05) is 18.3 Å². The van der Waals surface area contributed by atoms with E-state index in [2.05, 4.69) is 15.7 Å². The number of hydrazine groups is 1. The van der Waals surface area contributed by atoms with Gasteiger partial charge in [0.15, 0.2) is 0 Å². The number of hydrogen-bond donors (Lipinski definition) is 3. The maximum atomic E-state index is 13.0. The molecule has 0 saturated heterocycles. The molecule has 5 nitrogen and oxygen atoms in total. The number of pyridine rings is 1. The second kappa shape index (κ2) is 6.31. The summed E-state index contributed by atoms with van der Waals surface area (Å²) in [7, 11) is 0. The first kappa shape index (κ1) is 14.2. The number of nitrogens with two attached hydrogens (primary N) is 1. The Labute approximate surface area is 119 Å². The number of benzene rings is 1. The van der Waals surface area contributed by atoms with Gasteiger partial charge in [0.25, 0.3) is 5.91 Å². The predicted octanol–water partition coefficient (Wildman–Crippen LogP) is 2.09. The summed E-state index contributed by atoms with van der Waals surface area (Å²) in [6, 6.07) is 7.37. The van der Waals surface area contributed by atoms with Crippen molar-refractivity contribution in [2.45, 2.75) is 6.54 Å². The van der Waals surface area contributed by atoms with E-state index < -0.39 is 5.82 Å². The van der Waals surface area contributed by atoms with Gasteiger partial charge in [-0.2, -0.15) is 0 Å². The molecule has 4 N–H and O–H groups in total. The molecule has 0 aliphatic rings. The molecule has 20 heavy (non-hydrogen) atoms. The van der Waals surface area contributed by atoms with Crippen LogP contribution in [0.25, 0.3) is 0 Å². The minimum Gasteiger partial charge on any atom is -0.348 e. The number of halogens is 2. The monoisotopic (exact) mass is 294 g/mol. The fourth-order valence-electron chi connectivity index (χ4n) is 1.58. The van der Waals surface area contributed by atoms with Crippen LogP contribution in [0, 0.1) is 5.82 Å². The Morgan fingerprint density at radius 1 is 1.35 bits per heavy atom. The quantitative estimate of drug-likeness (QED) is 0.596. The van der Waals surface area contributed by atoms with Gasteiger partial charge in [-0.05, 0) is 29.8 Å². The number of rotatable bonds is 4. The lowest BCUT2D eigenvalue weighted by atomic mass is 10.2. The third-order valence-corrected chi connectivity index (χ3v) is 2.90. The van der Waals surface area contributed by atoms with E-state index in [0.717, 1.165) is 0 Å². The number of aromatic nitrogens is 1. The summed E-state index contributed by atoms with van der Waals surface area (Å²) in [6.45, 7) is 0.243. The molecular weight excluding hydrogens is 283 g/mol. The van der Waals surface area contributed by atoms with Crippen LogP contribution >= 0.6 is 11.6 Å². The first-order valence-corrected chi connectivity index (χ1v) is 6.13. The molecule has 0 aliphatic heterocycles. The fraction of sp³-hybridized carbons (Fsp3) is 0.0769. The van der Waals surface area contributed by atoms with Gasteiger partial charge in [-0.15, -0.1) is 0 Å². The summed E-state index contributed by atoms with van der Waals surface area (Å²) < 4.78 is 13.0. The molecule has 104 valence electrons. The van der Waals surface area contributed by atoms with E-state index >= 15 is 0 Å². The number of carbonyl (C=O) groups excluding carboxylic acids is 1. The molecule has 1 amide bonds. The second-order valence-electron chi connectivity index (χ2n) is 4.01. The first-order chi connectivity index (χ1) is 9.60. The van der Waals surface area contributed by atoms with Gasteiger partial charge < -0.3 is 10.7 Å². The van der Waals surface area contributed by atoms with Crippen LogP contribution in [0.5, 0.6) is 0 Å². The Bertz CT molecular complexity index is 636. The van der Waals surface area contributed by atoms with E-state index in [1.165, 1.54) is 24.4 Å². The summed E-state index contributed by atoms with van der Waals surface area (Å²) in [5, 5.41) is 2.72. The topological polar surface area (TPSA) is 80.0 Å². The lowest BCUT2D eigenvalue weighted by Gasteiger charge is -2.07. The molecule has 0 spiro atoms. The maximum Gasteiger partial charge on any atom is 0.251 e. The highest BCUT2D eigenvalue weighted by molar-refractivity contribution is 6.30. The largest absolute Gasteiger partial charge is 0.348 e. The van der Waals surface area contributed by atoms with Crippen molar-refractivity contribution in [1.82, 2.24) is 10.3 Å². The van der Waals surface area contributed by atoms with Crippen molar-refractivity contribution in [2.24, 2.45) is 5.84 Å². The highest BCUT2D eigenvalue weighted by atomic mass is 35.5. The lowest BCUT2D eigenvalue weighted by molar-refractivity contribution is 0.0951. The van der Waals surface area contributed by atoms with Crippen LogP contribution in [0.3, 0.4) is 0 Å². The third-order valence-electron chi connectivity index (χ3n) is 2.61. The SMILES string of the molecule is NNc1cc(C(=O)NCc2ccc(F)c(Cl)c2)ccn1. The Morgan fingerprint density at radius 2 is 2.15 bits per heavy atom. The van der Waals surface area contributed by atoms with Gasteiger partial charge in [0.2, 0.25) is 0 Å². The zero-order chi connectivity index (χ0) is 14.5. The summed E-state index contributed by atoms with van der Waals surface area (Å²) >= 11 is 5.67. The van der Waals surface area contributed by atoms with Crippen molar-refractivity contribution in [3.8, 4) is 0 Å². The van der Waals surface area contributed by atoms with Crippen molar-refractivity contribution in [3.63, 3.8) is 0 Å². The molecule has 7 heteroatoms. The van der Waals surface area contributed by atoms with E-state index in [0.29, 0.717) is 16.9 Å². The van der Waals surface area contributed by atoms with Crippen LogP contribution in [0.1, 0.15) is 15.9 Å². The molecule has 1 heterocycles. The van der Waals surface area contributed by atoms with Gasteiger partial charge >= 0.3 is 0 Å². The number of nitrogens with zero attached hydrogens (tertiary/aromatic N) is 1. The van der Waals surface area contributed by atoms with Crippen molar-refractivity contribution >= 4 is 23.3 Å². The van der Waals surface area contributed by atoms with Crippen molar-refractivity contribution in [2.75, 3.05) is 5.43 Å². The van der Waals surface area contributed by atoms with Gasteiger partial charge in [0.05, 0.1) is 5.02 Å². The van der Waals surface area contributed by atoms with Crippen molar-refractivity contribution < 1.29 is 9.18 Å². The number of amides is 1. The van der Waals surface area contributed by atoms with E-state index in [1.807, 2.05) is 0 Å². The summed E-state index contributed by atoms with van der Waals surface area (Å²) in [6.07, 6.45) is 1.47. The number of anilines is 1. The van der Waals surface area contributed by atoms with E-state index in [9.17, 15) is 9.18 Å². The average molecular weight is 295 g/mol. The highest BCUT2D eigenvalue weighted by Crippen LogP contribution is 2.16. The van der Waals surface area contributed by atoms with Crippen LogP contribution in [0.2, 0.25) is 5.02 Å². The normalized spacial score (nSPS) is 10.2. The van der Waals surface area contributed by atoms with Crippen molar-refractivity contribution in [1.29, 1.82) is 0 Å². The first-order valence-electron chi connectivity index (χ1n) is 5.75. The summed E-state index contributed by atoms with van der Waals surface area (Å²) in [5.74, 6) is 4.83. The average Bonchev–Trinajstić information content (AvgIpc) is 2.48. The Hall–Kier alpha value is -2.18.